The van der Waals surface area contributed by atoms with Gasteiger partial charge in [0.2, 0.25) is 11.8 Å². The summed E-state index contributed by atoms with van der Waals surface area (Å²) in [5.74, 6) is -0.924. The third-order valence-corrected chi connectivity index (χ3v) is 3.19. The molecular weight excluding hydrogens is 276 g/mol. The predicted octanol–water partition coefficient (Wildman–Crippen LogP) is 0.408. The number of nitrogens with one attached hydrogen (secondary N) is 1. The molecule has 2 rings (SSSR count). The van der Waals surface area contributed by atoms with Crippen LogP contribution in [0.5, 0.6) is 0 Å². The summed E-state index contributed by atoms with van der Waals surface area (Å²) in [7, 11) is 1.58. The van der Waals surface area contributed by atoms with E-state index < -0.39 is 10.8 Å². The van der Waals surface area contributed by atoms with Crippen molar-refractivity contribution < 1.29 is 14.5 Å². The molecule has 0 radical (unpaired) electrons. The van der Waals surface area contributed by atoms with Crippen molar-refractivity contribution in [1.82, 2.24) is 5.32 Å². The van der Waals surface area contributed by atoms with E-state index in [2.05, 4.69) is 5.32 Å². The van der Waals surface area contributed by atoms with Gasteiger partial charge < -0.3 is 16.0 Å². The zero-order valence-electron chi connectivity index (χ0n) is 11.5. The van der Waals surface area contributed by atoms with Crippen LogP contribution < -0.4 is 16.0 Å². The first-order valence-corrected chi connectivity index (χ1v) is 6.47. The van der Waals surface area contributed by atoms with Crippen LogP contribution in [-0.4, -0.2) is 36.4 Å². The zero-order valence-corrected chi connectivity index (χ0v) is 11.5. The van der Waals surface area contributed by atoms with E-state index in [0.717, 1.165) is 18.9 Å². The van der Waals surface area contributed by atoms with Gasteiger partial charge in [-0.25, -0.2) is 0 Å². The molecule has 21 heavy (non-hydrogen) atoms. The Hall–Kier alpha value is -2.64. The first-order valence-electron chi connectivity index (χ1n) is 6.47. The maximum absolute atomic E-state index is 11.7. The number of primary amides is 1. The van der Waals surface area contributed by atoms with Crippen LogP contribution in [0.4, 0.5) is 11.4 Å². The lowest BCUT2D eigenvalue weighted by Crippen LogP contribution is -2.36. The maximum Gasteiger partial charge on any atom is 0.293 e. The molecule has 0 unspecified atom stereocenters. The zero-order chi connectivity index (χ0) is 15.6. The van der Waals surface area contributed by atoms with Crippen molar-refractivity contribution in [2.45, 2.75) is 18.9 Å². The molecule has 2 amide bonds. The lowest BCUT2D eigenvalue weighted by Gasteiger charge is -2.18. The van der Waals surface area contributed by atoms with Crippen molar-refractivity contribution in [3.63, 3.8) is 0 Å². The largest absolute Gasteiger partial charge is 0.366 e. The minimum atomic E-state index is -0.737. The summed E-state index contributed by atoms with van der Waals surface area (Å²) in [5, 5.41) is 13.9. The van der Waals surface area contributed by atoms with Crippen LogP contribution in [-0.2, 0) is 4.79 Å². The van der Waals surface area contributed by atoms with Crippen LogP contribution in [0.3, 0.4) is 0 Å². The fourth-order valence-electron chi connectivity index (χ4n) is 1.95. The molecule has 112 valence electrons. The Bertz CT molecular complexity index is 598. The second-order valence-corrected chi connectivity index (χ2v) is 5.02. The number of anilines is 1. The Labute approximate surface area is 121 Å². The standard InChI is InChI=1S/C13H16N4O4/c1-16(7-12(18)15-9-3-4-9)10-5-2-8(13(14)19)6-11(10)17(20)21/h2,5-6,9H,3-4,7H2,1H3,(H2,14,19)(H,15,18). The van der Waals surface area contributed by atoms with Gasteiger partial charge in [-0.05, 0) is 25.0 Å². The number of amides is 2. The minimum absolute atomic E-state index is 0.00720. The van der Waals surface area contributed by atoms with Gasteiger partial charge in [-0.2, -0.15) is 0 Å². The van der Waals surface area contributed by atoms with Gasteiger partial charge >= 0.3 is 0 Å². The van der Waals surface area contributed by atoms with E-state index in [1.807, 2.05) is 0 Å². The van der Waals surface area contributed by atoms with Gasteiger partial charge in [-0.15, -0.1) is 0 Å². The summed E-state index contributed by atoms with van der Waals surface area (Å²) in [6, 6.07) is 4.17. The molecule has 8 nitrogen and oxygen atoms in total. The molecule has 1 aromatic carbocycles. The highest BCUT2D eigenvalue weighted by atomic mass is 16.6. The molecule has 1 saturated carbocycles. The molecule has 0 aliphatic heterocycles. The van der Waals surface area contributed by atoms with Gasteiger partial charge in [-0.1, -0.05) is 0 Å². The SMILES string of the molecule is CN(CC(=O)NC1CC1)c1ccc(C(N)=O)cc1[N+](=O)[O-]. The molecular formula is C13H16N4O4. The van der Waals surface area contributed by atoms with Crippen LogP contribution in [0.15, 0.2) is 18.2 Å². The Morgan fingerprint density at radius 1 is 1.48 bits per heavy atom. The first-order chi connectivity index (χ1) is 9.88. The molecule has 0 saturated heterocycles. The second kappa shape index (κ2) is 5.78. The first kappa shape index (κ1) is 14.8. The highest BCUT2D eigenvalue weighted by Gasteiger charge is 2.25. The van der Waals surface area contributed by atoms with E-state index in [-0.39, 0.29) is 35.4 Å². The van der Waals surface area contributed by atoms with Gasteiger partial charge in [0.25, 0.3) is 5.69 Å². The third kappa shape index (κ3) is 3.68. The second-order valence-electron chi connectivity index (χ2n) is 5.02. The molecule has 0 atom stereocenters. The fourth-order valence-corrected chi connectivity index (χ4v) is 1.95. The van der Waals surface area contributed by atoms with Crippen LogP contribution in [0.25, 0.3) is 0 Å². The van der Waals surface area contributed by atoms with E-state index in [4.69, 9.17) is 5.73 Å². The van der Waals surface area contributed by atoms with Crippen molar-refractivity contribution in [3.05, 3.63) is 33.9 Å². The number of hydrogen-bond acceptors (Lipinski definition) is 5. The van der Waals surface area contributed by atoms with Crippen molar-refractivity contribution in [3.8, 4) is 0 Å². The lowest BCUT2D eigenvalue weighted by atomic mass is 10.1. The highest BCUT2D eigenvalue weighted by molar-refractivity contribution is 5.94. The summed E-state index contributed by atoms with van der Waals surface area (Å²) in [6.45, 7) is 0.00720. The van der Waals surface area contributed by atoms with Gasteiger partial charge in [0, 0.05) is 24.7 Å². The third-order valence-electron chi connectivity index (χ3n) is 3.19. The Morgan fingerprint density at radius 2 is 2.14 bits per heavy atom. The number of nitro groups is 1. The summed E-state index contributed by atoms with van der Waals surface area (Å²) in [5.41, 5.74) is 5.17. The van der Waals surface area contributed by atoms with Crippen molar-refractivity contribution in [2.24, 2.45) is 5.73 Å². The molecule has 0 spiro atoms. The highest BCUT2D eigenvalue weighted by Crippen LogP contribution is 2.28. The summed E-state index contributed by atoms with van der Waals surface area (Å²) >= 11 is 0. The number of carbonyl (C=O) groups is 2. The smallest absolute Gasteiger partial charge is 0.293 e. The molecule has 1 aliphatic carbocycles. The van der Waals surface area contributed by atoms with Crippen LogP contribution in [0, 0.1) is 10.1 Å². The van der Waals surface area contributed by atoms with Crippen molar-refractivity contribution >= 4 is 23.2 Å². The average molecular weight is 292 g/mol. The average Bonchev–Trinajstić information content (AvgIpc) is 3.21. The van der Waals surface area contributed by atoms with E-state index >= 15 is 0 Å². The number of likely N-dealkylation sites (N-methyl/N-ethyl adjacent to an activating group) is 1. The number of nitrogens with two attached hydrogens (primary N) is 1. The molecule has 1 aliphatic rings. The molecule has 8 heteroatoms. The molecule has 1 aromatic rings. The molecule has 0 aromatic heterocycles. The van der Waals surface area contributed by atoms with E-state index in [1.54, 1.807) is 7.05 Å². The number of rotatable bonds is 6. The van der Waals surface area contributed by atoms with Crippen LogP contribution in [0.1, 0.15) is 23.2 Å². The molecule has 3 N–H and O–H groups in total. The van der Waals surface area contributed by atoms with Gasteiger partial charge in [0.15, 0.2) is 0 Å². The van der Waals surface area contributed by atoms with Gasteiger partial charge in [-0.3, -0.25) is 19.7 Å². The Morgan fingerprint density at radius 3 is 2.67 bits per heavy atom. The lowest BCUT2D eigenvalue weighted by molar-refractivity contribution is -0.384. The predicted molar refractivity (Wildman–Crippen MR) is 76.0 cm³/mol. The fraction of sp³-hybridized carbons (Fsp3) is 0.385. The summed E-state index contributed by atoms with van der Waals surface area (Å²) < 4.78 is 0. The summed E-state index contributed by atoms with van der Waals surface area (Å²) in [6.07, 6.45) is 1.95. The van der Waals surface area contributed by atoms with Crippen LogP contribution >= 0.6 is 0 Å². The van der Waals surface area contributed by atoms with Gasteiger partial charge in [0.1, 0.15) is 5.69 Å². The van der Waals surface area contributed by atoms with E-state index in [0.29, 0.717) is 0 Å². The number of hydrogen-bond donors (Lipinski definition) is 2. The number of nitrogens with zero attached hydrogens (tertiary/aromatic N) is 2. The van der Waals surface area contributed by atoms with Gasteiger partial charge in [0.05, 0.1) is 11.5 Å². The number of nitro benzene ring substituents is 1. The summed E-state index contributed by atoms with van der Waals surface area (Å²) in [4.78, 5) is 34.8. The van der Waals surface area contributed by atoms with Crippen molar-refractivity contribution in [1.29, 1.82) is 0 Å². The maximum atomic E-state index is 11.7. The number of carbonyl (C=O) groups excluding carboxylic acids is 2. The molecule has 0 bridgehead atoms. The topological polar surface area (TPSA) is 119 Å². The molecule has 0 heterocycles. The quantitative estimate of drug-likeness (QED) is 0.581. The van der Waals surface area contributed by atoms with E-state index in [9.17, 15) is 19.7 Å². The van der Waals surface area contributed by atoms with Crippen molar-refractivity contribution in [2.75, 3.05) is 18.5 Å². The molecule has 1 fully saturated rings. The minimum Gasteiger partial charge on any atom is -0.366 e. The Balaban J connectivity index is 2.18. The normalized spacial score (nSPS) is 13.6. The number of benzene rings is 1. The van der Waals surface area contributed by atoms with Crippen LogP contribution in [0.2, 0.25) is 0 Å². The monoisotopic (exact) mass is 292 g/mol. The van der Waals surface area contributed by atoms with E-state index in [1.165, 1.54) is 17.0 Å². The Kier molecular flexibility index (Phi) is 4.06.